The third kappa shape index (κ3) is 4.32. The molecule has 0 spiro atoms. The Labute approximate surface area is 137 Å². The predicted molar refractivity (Wildman–Crippen MR) is 86.1 cm³/mol. The van der Waals surface area contributed by atoms with Gasteiger partial charge in [-0.3, -0.25) is 9.48 Å². The zero-order chi connectivity index (χ0) is 16.6. The molecule has 2 aliphatic rings. The van der Waals surface area contributed by atoms with E-state index in [4.69, 9.17) is 0 Å². The van der Waals surface area contributed by atoms with E-state index in [9.17, 15) is 13.2 Å². The highest BCUT2D eigenvalue weighted by molar-refractivity contribution is 7.88. The van der Waals surface area contributed by atoms with Gasteiger partial charge in [0.2, 0.25) is 15.9 Å². The van der Waals surface area contributed by atoms with E-state index in [1.54, 1.807) is 10.9 Å². The average Bonchev–Trinajstić information content (AvgIpc) is 3.09. The van der Waals surface area contributed by atoms with Crippen molar-refractivity contribution in [2.24, 2.45) is 18.9 Å². The minimum Gasteiger partial charge on any atom is -0.341 e. The Morgan fingerprint density at radius 1 is 1.39 bits per heavy atom. The Kier molecular flexibility index (Phi) is 4.46. The lowest BCUT2D eigenvalue weighted by Gasteiger charge is -2.17. The molecule has 1 aromatic heterocycles. The Morgan fingerprint density at radius 2 is 2.13 bits per heavy atom. The van der Waals surface area contributed by atoms with Crippen LogP contribution in [0.4, 0.5) is 0 Å². The van der Waals surface area contributed by atoms with Crippen molar-refractivity contribution >= 4 is 15.9 Å². The first kappa shape index (κ1) is 16.4. The lowest BCUT2D eigenvalue weighted by molar-refractivity contribution is -0.130. The van der Waals surface area contributed by atoms with Gasteiger partial charge in [-0.2, -0.15) is 5.10 Å². The summed E-state index contributed by atoms with van der Waals surface area (Å²) in [5.74, 6) is 0.912. The first-order valence-corrected chi connectivity index (χ1v) is 9.93. The monoisotopic (exact) mass is 340 g/mol. The van der Waals surface area contributed by atoms with E-state index >= 15 is 0 Å². The van der Waals surface area contributed by atoms with Crippen LogP contribution in [0.3, 0.4) is 0 Å². The van der Waals surface area contributed by atoms with E-state index in [0.717, 1.165) is 18.4 Å². The van der Waals surface area contributed by atoms with Crippen LogP contribution in [0.15, 0.2) is 12.4 Å². The molecule has 128 valence electrons. The van der Waals surface area contributed by atoms with Gasteiger partial charge in [0, 0.05) is 38.8 Å². The van der Waals surface area contributed by atoms with Crippen molar-refractivity contribution < 1.29 is 13.2 Å². The van der Waals surface area contributed by atoms with Crippen molar-refractivity contribution in [3.8, 4) is 0 Å². The molecule has 1 aliphatic carbocycles. The Bertz CT molecular complexity index is 681. The van der Waals surface area contributed by atoms with E-state index in [2.05, 4.69) is 9.82 Å². The maximum atomic E-state index is 12.4. The third-order valence-corrected chi connectivity index (χ3v) is 5.43. The zero-order valence-corrected chi connectivity index (χ0v) is 14.4. The number of sulfonamides is 1. The van der Waals surface area contributed by atoms with Gasteiger partial charge < -0.3 is 4.90 Å². The fourth-order valence-corrected chi connectivity index (χ4v) is 4.24. The van der Waals surface area contributed by atoms with Gasteiger partial charge in [0.15, 0.2) is 0 Å². The molecule has 7 nitrogen and oxygen atoms in total. The van der Waals surface area contributed by atoms with Gasteiger partial charge in [-0.05, 0) is 36.7 Å². The molecule has 2 heterocycles. The van der Waals surface area contributed by atoms with Gasteiger partial charge in [-0.25, -0.2) is 13.1 Å². The lowest BCUT2D eigenvalue weighted by Crippen LogP contribution is -2.41. The van der Waals surface area contributed by atoms with E-state index in [1.165, 1.54) is 6.26 Å². The van der Waals surface area contributed by atoms with E-state index in [-0.39, 0.29) is 17.9 Å². The molecule has 8 heteroatoms. The number of aromatic nitrogens is 2. The molecule has 23 heavy (non-hydrogen) atoms. The number of rotatable bonds is 6. The topological polar surface area (TPSA) is 84.3 Å². The second-order valence-corrected chi connectivity index (χ2v) is 8.60. The minimum atomic E-state index is -3.25. The van der Waals surface area contributed by atoms with Crippen LogP contribution in [0.5, 0.6) is 0 Å². The van der Waals surface area contributed by atoms with Crippen LogP contribution < -0.4 is 4.72 Å². The van der Waals surface area contributed by atoms with Crippen LogP contribution in [0.1, 0.15) is 24.8 Å². The summed E-state index contributed by atoms with van der Waals surface area (Å²) >= 11 is 0. The molecule has 1 saturated heterocycles. The number of nitrogens with one attached hydrogen (secondary N) is 1. The summed E-state index contributed by atoms with van der Waals surface area (Å²) in [6, 6.07) is -0.139. The molecule has 0 aromatic carbocycles. The molecule has 0 radical (unpaired) electrons. The molecular formula is C15H24N4O3S. The fraction of sp³-hybridized carbons (Fsp3) is 0.733. The second-order valence-electron chi connectivity index (χ2n) is 6.82. The predicted octanol–water partition coefficient (Wildman–Crippen LogP) is 0.139. The van der Waals surface area contributed by atoms with E-state index < -0.39 is 10.0 Å². The normalized spacial score (nSPS) is 25.0. The van der Waals surface area contributed by atoms with Crippen molar-refractivity contribution in [2.45, 2.75) is 31.7 Å². The molecule has 1 N–H and O–H groups in total. The number of carbonyl (C=O) groups is 1. The van der Waals surface area contributed by atoms with Crippen molar-refractivity contribution in [1.82, 2.24) is 19.4 Å². The molecule has 3 rings (SSSR count). The highest BCUT2D eigenvalue weighted by Gasteiger charge is 2.44. The maximum absolute atomic E-state index is 12.4. The maximum Gasteiger partial charge on any atom is 0.222 e. The summed E-state index contributed by atoms with van der Waals surface area (Å²) in [6.07, 6.45) is 8.27. The Balaban J connectivity index is 1.58. The van der Waals surface area contributed by atoms with Gasteiger partial charge in [0.1, 0.15) is 0 Å². The third-order valence-electron chi connectivity index (χ3n) is 4.70. The van der Waals surface area contributed by atoms with Crippen molar-refractivity contribution in [2.75, 3.05) is 19.3 Å². The lowest BCUT2D eigenvalue weighted by atomic mass is 9.99. The first-order valence-electron chi connectivity index (χ1n) is 8.04. The van der Waals surface area contributed by atoms with Crippen LogP contribution in [0, 0.1) is 11.8 Å². The Hall–Kier alpha value is -1.41. The van der Waals surface area contributed by atoms with Crippen LogP contribution in [-0.4, -0.2) is 54.4 Å². The summed E-state index contributed by atoms with van der Waals surface area (Å²) in [7, 11) is -1.39. The van der Waals surface area contributed by atoms with Crippen LogP contribution in [-0.2, 0) is 28.3 Å². The minimum absolute atomic E-state index is 0.0947. The van der Waals surface area contributed by atoms with Crippen LogP contribution in [0.25, 0.3) is 0 Å². The average molecular weight is 340 g/mol. The van der Waals surface area contributed by atoms with Crippen molar-refractivity contribution in [3.05, 3.63) is 18.0 Å². The fourth-order valence-electron chi connectivity index (χ4n) is 3.44. The standard InChI is InChI=1S/C15H24N4O3S/c1-18-8-11(7-16-18)3-6-15(20)19-9-13(12-4-5-12)14(10-19)17-23(2,21)22/h7-8,12-14,17H,3-6,9-10H2,1-2H3/t13-,14+/m1/s1. The van der Waals surface area contributed by atoms with Gasteiger partial charge in [-0.1, -0.05) is 0 Å². The molecule has 0 unspecified atom stereocenters. The van der Waals surface area contributed by atoms with Gasteiger partial charge in [-0.15, -0.1) is 0 Å². The molecule has 0 bridgehead atoms. The number of carbonyl (C=O) groups excluding carboxylic acids is 1. The first-order chi connectivity index (χ1) is 10.8. The Morgan fingerprint density at radius 3 is 2.70 bits per heavy atom. The second kappa shape index (κ2) is 6.24. The summed E-state index contributed by atoms with van der Waals surface area (Å²) in [6.45, 7) is 1.16. The smallest absolute Gasteiger partial charge is 0.222 e. The quantitative estimate of drug-likeness (QED) is 0.798. The summed E-state index contributed by atoms with van der Waals surface area (Å²) in [5.41, 5.74) is 1.05. The highest BCUT2D eigenvalue weighted by atomic mass is 32.2. The molecule has 1 aromatic rings. The summed E-state index contributed by atoms with van der Waals surface area (Å²) in [4.78, 5) is 14.3. The number of nitrogens with zero attached hydrogens (tertiary/aromatic N) is 3. The molecule has 2 fully saturated rings. The van der Waals surface area contributed by atoms with Gasteiger partial charge in [0.25, 0.3) is 0 Å². The van der Waals surface area contributed by atoms with Gasteiger partial charge >= 0.3 is 0 Å². The van der Waals surface area contributed by atoms with Crippen molar-refractivity contribution in [1.29, 1.82) is 0 Å². The summed E-state index contributed by atoms with van der Waals surface area (Å²) < 4.78 is 27.5. The van der Waals surface area contributed by atoms with E-state index in [0.29, 0.717) is 31.8 Å². The number of amides is 1. The van der Waals surface area contributed by atoms with Crippen LogP contribution >= 0.6 is 0 Å². The largest absolute Gasteiger partial charge is 0.341 e. The molecule has 1 amide bonds. The van der Waals surface area contributed by atoms with Crippen molar-refractivity contribution in [3.63, 3.8) is 0 Å². The van der Waals surface area contributed by atoms with Gasteiger partial charge in [0.05, 0.1) is 12.5 Å². The molecule has 2 atom stereocenters. The van der Waals surface area contributed by atoms with Crippen LogP contribution in [0.2, 0.25) is 0 Å². The van der Waals surface area contributed by atoms with E-state index in [1.807, 2.05) is 18.1 Å². The molecular weight excluding hydrogens is 316 g/mol. The molecule has 1 saturated carbocycles. The number of hydrogen-bond acceptors (Lipinski definition) is 4. The summed E-state index contributed by atoms with van der Waals surface area (Å²) in [5, 5.41) is 4.10. The zero-order valence-electron chi connectivity index (χ0n) is 13.6. The highest BCUT2D eigenvalue weighted by Crippen LogP contribution is 2.41. The number of hydrogen-bond donors (Lipinski definition) is 1. The molecule has 1 aliphatic heterocycles. The SMILES string of the molecule is Cn1cc(CCC(=O)N2C[C@H](NS(C)(=O)=O)[C@@H](C3CC3)C2)cn1. The number of aryl methyl sites for hydroxylation is 2. The number of likely N-dealkylation sites (tertiary alicyclic amines) is 1.